The molecule has 1 N–H and O–H groups in total. The minimum absolute atomic E-state index is 0.154. The van der Waals surface area contributed by atoms with Gasteiger partial charge in [0.2, 0.25) is 11.7 Å². The molecular formula is C18H17N3O3. The Hall–Kier alpha value is -3.15. The maximum absolute atomic E-state index is 12.1. The Morgan fingerprint density at radius 1 is 1.12 bits per heavy atom. The van der Waals surface area contributed by atoms with E-state index in [1.54, 1.807) is 19.1 Å². The SMILES string of the molecule is C[C@H](Oc1ccccc1)C(=O)NCc1nc(-c2ccccc2)no1. The van der Waals surface area contributed by atoms with Gasteiger partial charge in [-0.2, -0.15) is 4.98 Å². The minimum Gasteiger partial charge on any atom is -0.481 e. The lowest BCUT2D eigenvalue weighted by atomic mass is 10.2. The third-order valence-corrected chi connectivity index (χ3v) is 3.34. The van der Waals surface area contributed by atoms with E-state index in [-0.39, 0.29) is 12.5 Å². The zero-order chi connectivity index (χ0) is 16.8. The van der Waals surface area contributed by atoms with Gasteiger partial charge in [0, 0.05) is 5.56 Å². The normalized spacial score (nSPS) is 11.7. The fourth-order valence-electron chi connectivity index (χ4n) is 2.09. The number of ether oxygens (including phenoxy) is 1. The van der Waals surface area contributed by atoms with Gasteiger partial charge in [0.05, 0.1) is 6.54 Å². The highest BCUT2D eigenvalue weighted by Gasteiger charge is 2.16. The van der Waals surface area contributed by atoms with Gasteiger partial charge in [0.1, 0.15) is 5.75 Å². The van der Waals surface area contributed by atoms with Gasteiger partial charge in [0.15, 0.2) is 6.10 Å². The van der Waals surface area contributed by atoms with Crippen LogP contribution in [0.5, 0.6) is 5.75 Å². The summed E-state index contributed by atoms with van der Waals surface area (Å²) in [5, 5.41) is 6.63. The van der Waals surface area contributed by atoms with Crippen LogP contribution in [0.1, 0.15) is 12.8 Å². The first-order chi connectivity index (χ1) is 11.7. The van der Waals surface area contributed by atoms with Crippen molar-refractivity contribution in [3.8, 4) is 17.1 Å². The second-order valence-electron chi connectivity index (χ2n) is 5.17. The Labute approximate surface area is 139 Å². The van der Waals surface area contributed by atoms with Gasteiger partial charge in [-0.1, -0.05) is 53.7 Å². The highest BCUT2D eigenvalue weighted by atomic mass is 16.5. The maximum Gasteiger partial charge on any atom is 0.261 e. The maximum atomic E-state index is 12.1. The van der Waals surface area contributed by atoms with Gasteiger partial charge in [-0.25, -0.2) is 0 Å². The summed E-state index contributed by atoms with van der Waals surface area (Å²) in [6, 6.07) is 18.7. The molecular weight excluding hydrogens is 306 g/mol. The fraction of sp³-hybridized carbons (Fsp3) is 0.167. The average Bonchev–Trinajstić information content (AvgIpc) is 3.10. The highest BCUT2D eigenvalue weighted by molar-refractivity contribution is 5.80. The van der Waals surface area contributed by atoms with Crippen LogP contribution in [-0.2, 0) is 11.3 Å². The van der Waals surface area contributed by atoms with Crippen molar-refractivity contribution in [1.29, 1.82) is 0 Å². The standard InChI is InChI=1S/C18H17N3O3/c1-13(23-15-10-6-3-7-11-15)18(22)19-12-16-20-17(21-24-16)14-8-4-2-5-9-14/h2-11,13H,12H2,1H3,(H,19,22)/t13-/m0/s1. The second-order valence-corrected chi connectivity index (χ2v) is 5.17. The highest BCUT2D eigenvalue weighted by Crippen LogP contribution is 2.15. The van der Waals surface area contributed by atoms with Crippen LogP contribution in [0.3, 0.4) is 0 Å². The lowest BCUT2D eigenvalue weighted by Crippen LogP contribution is -2.35. The van der Waals surface area contributed by atoms with Crippen molar-refractivity contribution in [2.75, 3.05) is 0 Å². The van der Waals surface area contributed by atoms with Crippen LogP contribution in [0, 0.1) is 0 Å². The Morgan fingerprint density at radius 3 is 2.50 bits per heavy atom. The summed E-state index contributed by atoms with van der Waals surface area (Å²) in [5.74, 6) is 1.23. The summed E-state index contributed by atoms with van der Waals surface area (Å²) in [6.45, 7) is 1.84. The molecule has 0 saturated heterocycles. The molecule has 1 heterocycles. The minimum atomic E-state index is -0.621. The summed E-state index contributed by atoms with van der Waals surface area (Å²) in [7, 11) is 0. The van der Waals surface area contributed by atoms with E-state index in [0.717, 1.165) is 5.56 Å². The van der Waals surface area contributed by atoms with Gasteiger partial charge in [-0.15, -0.1) is 0 Å². The third-order valence-electron chi connectivity index (χ3n) is 3.34. The van der Waals surface area contributed by atoms with Crippen LogP contribution in [0.25, 0.3) is 11.4 Å². The smallest absolute Gasteiger partial charge is 0.261 e. The molecule has 2 aromatic carbocycles. The number of hydrogen-bond acceptors (Lipinski definition) is 5. The van der Waals surface area contributed by atoms with Crippen molar-refractivity contribution >= 4 is 5.91 Å². The molecule has 0 saturated carbocycles. The van der Waals surface area contributed by atoms with E-state index in [0.29, 0.717) is 17.5 Å². The number of carbonyl (C=O) groups is 1. The van der Waals surface area contributed by atoms with Crippen LogP contribution in [0.4, 0.5) is 0 Å². The van der Waals surface area contributed by atoms with Crippen molar-refractivity contribution < 1.29 is 14.1 Å². The Bertz CT molecular complexity index is 788. The molecule has 3 rings (SSSR count). The van der Waals surface area contributed by atoms with Crippen molar-refractivity contribution in [1.82, 2.24) is 15.5 Å². The largest absolute Gasteiger partial charge is 0.481 e. The number of hydrogen-bond donors (Lipinski definition) is 1. The van der Waals surface area contributed by atoms with E-state index in [1.165, 1.54) is 0 Å². The molecule has 24 heavy (non-hydrogen) atoms. The Morgan fingerprint density at radius 2 is 1.79 bits per heavy atom. The van der Waals surface area contributed by atoms with E-state index >= 15 is 0 Å². The zero-order valence-corrected chi connectivity index (χ0v) is 13.2. The molecule has 0 spiro atoms. The molecule has 1 atom stereocenters. The van der Waals surface area contributed by atoms with Gasteiger partial charge >= 0.3 is 0 Å². The van der Waals surface area contributed by atoms with Gasteiger partial charge in [0.25, 0.3) is 5.91 Å². The molecule has 0 aliphatic heterocycles. The van der Waals surface area contributed by atoms with Gasteiger partial charge in [-0.3, -0.25) is 4.79 Å². The molecule has 1 aromatic heterocycles. The number of carbonyl (C=O) groups excluding carboxylic acids is 1. The van der Waals surface area contributed by atoms with E-state index in [4.69, 9.17) is 9.26 Å². The van der Waals surface area contributed by atoms with Crippen LogP contribution < -0.4 is 10.1 Å². The second kappa shape index (κ2) is 7.41. The summed E-state index contributed by atoms with van der Waals surface area (Å²) in [4.78, 5) is 16.3. The number of nitrogens with zero attached hydrogens (tertiary/aromatic N) is 2. The van der Waals surface area contributed by atoms with E-state index < -0.39 is 6.10 Å². The quantitative estimate of drug-likeness (QED) is 0.755. The summed E-state index contributed by atoms with van der Waals surface area (Å²) < 4.78 is 10.7. The number of para-hydroxylation sites is 1. The van der Waals surface area contributed by atoms with E-state index in [9.17, 15) is 4.79 Å². The molecule has 0 bridgehead atoms. The van der Waals surface area contributed by atoms with Gasteiger partial charge < -0.3 is 14.6 Å². The molecule has 0 radical (unpaired) electrons. The molecule has 0 fully saturated rings. The zero-order valence-electron chi connectivity index (χ0n) is 13.2. The van der Waals surface area contributed by atoms with Crippen LogP contribution in [-0.4, -0.2) is 22.2 Å². The van der Waals surface area contributed by atoms with Crippen molar-refractivity contribution in [3.63, 3.8) is 0 Å². The topological polar surface area (TPSA) is 77.2 Å². The first kappa shape index (κ1) is 15.7. The van der Waals surface area contributed by atoms with E-state index in [2.05, 4.69) is 15.5 Å². The van der Waals surface area contributed by atoms with Crippen molar-refractivity contribution in [2.45, 2.75) is 19.6 Å². The lowest BCUT2D eigenvalue weighted by Gasteiger charge is -2.13. The monoisotopic (exact) mass is 323 g/mol. The molecule has 1 amide bonds. The lowest BCUT2D eigenvalue weighted by molar-refractivity contribution is -0.127. The predicted octanol–water partition coefficient (Wildman–Crippen LogP) is 2.82. The van der Waals surface area contributed by atoms with Crippen molar-refractivity contribution in [3.05, 3.63) is 66.6 Å². The molecule has 0 aliphatic carbocycles. The molecule has 0 aliphatic rings. The van der Waals surface area contributed by atoms with Crippen LogP contribution in [0.2, 0.25) is 0 Å². The number of nitrogens with one attached hydrogen (secondary N) is 1. The third kappa shape index (κ3) is 3.98. The fourth-order valence-corrected chi connectivity index (χ4v) is 2.09. The molecule has 0 unspecified atom stereocenters. The summed E-state index contributed by atoms with van der Waals surface area (Å²) in [6.07, 6.45) is -0.621. The molecule has 3 aromatic rings. The Kier molecular flexibility index (Phi) is 4.86. The van der Waals surface area contributed by atoms with Crippen molar-refractivity contribution in [2.24, 2.45) is 0 Å². The van der Waals surface area contributed by atoms with Gasteiger partial charge in [-0.05, 0) is 19.1 Å². The van der Waals surface area contributed by atoms with Crippen LogP contribution in [0.15, 0.2) is 65.2 Å². The molecule has 122 valence electrons. The number of amides is 1. The number of benzene rings is 2. The first-order valence-electron chi connectivity index (χ1n) is 7.60. The first-order valence-corrected chi connectivity index (χ1v) is 7.60. The number of aromatic nitrogens is 2. The van der Waals surface area contributed by atoms with Crippen LogP contribution >= 0.6 is 0 Å². The molecule has 6 heteroatoms. The summed E-state index contributed by atoms with van der Waals surface area (Å²) >= 11 is 0. The Balaban J connectivity index is 1.54. The number of rotatable bonds is 6. The summed E-state index contributed by atoms with van der Waals surface area (Å²) in [5.41, 5.74) is 0.861. The molecule has 6 nitrogen and oxygen atoms in total. The van der Waals surface area contributed by atoms with E-state index in [1.807, 2.05) is 48.5 Å². The average molecular weight is 323 g/mol. The predicted molar refractivity (Wildman–Crippen MR) is 88.1 cm³/mol.